The molecule has 1 fully saturated rings. The summed E-state index contributed by atoms with van der Waals surface area (Å²) in [6, 6.07) is 16.8. The molecule has 1 saturated heterocycles. The molecule has 4 nitrogen and oxygen atoms in total. The first-order valence-electron chi connectivity index (χ1n) is 9.40. The lowest BCUT2D eigenvalue weighted by Crippen LogP contribution is -2.27. The Balaban J connectivity index is 1.58. The number of hydrogen-bond acceptors (Lipinski definition) is 5. The summed E-state index contributed by atoms with van der Waals surface area (Å²) in [5, 5.41) is 0. The first kappa shape index (κ1) is 20.3. The van der Waals surface area contributed by atoms with E-state index in [9.17, 15) is 9.59 Å². The molecule has 0 bridgehead atoms. The van der Waals surface area contributed by atoms with Crippen molar-refractivity contribution in [3.05, 3.63) is 82.0 Å². The molecule has 4 rings (SSSR count). The Morgan fingerprint density at radius 2 is 1.77 bits per heavy atom. The number of benzene rings is 2. The molecule has 1 aliphatic rings. The van der Waals surface area contributed by atoms with Crippen molar-refractivity contribution in [2.45, 2.75) is 20.8 Å². The number of thioether (sulfide) groups is 1. The van der Waals surface area contributed by atoms with Gasteiger partial charge in [-0.1, -0.05) is 54.3 Å². The summed E-state index contributed by atoms with van der Waals surface area (Å²) in [7, 11) is 0. The van der Waals surface area contributed by atoms with E-state index in [0.29, 0.717) is 26.3 Å². The smallest absolute Gasteiger partial charge is 0.270 e. The Bertz CT molecular complexity index is 1210. The number of hydrogen-bond donors (Lipinski definition) is 0. The minimum Gasteiger partial charge on any atom is -0.457 e. The van der Waals surface area contributed by atoms with Crippen LogP contribution in [0, 0.1) is 13.8 Å². The highest BCUT2D eigenvalue weighted by molar-refractivity contribution is 8.27. The Morgan fingerprint density at radius 1 is 1.03 bits per heavy atom. The Morgan fingerprint density at radius 3 is 2.43 bits per heavy atom. The maximum absolute atomic E-state index is 13.0. The number of Topliss-reactive ketones (excluding diaryl/α,β-unsaturated/α-hetero) is 1. The van der Waals surface area contributed by atoms with E-state index < -0.39 is 0 Å². The van der Waals surface area contributed by atoms with Gasteiger partial charge in [-0.25, -0.2) is 0 Å². The molecule has 1 amide bonds. The zero-order valence-corrected chi connectivity index (χ0v) is 18.4. The van der Waals surface area contributed by atoms with Gasteiger partial charge in [0.05, 0.1) is 10.6 Å². The second-order valence-corrected chi connectivity index (χ2v) is 8.80. The molecular formula is C24H19NO3S2. The molecular weight excluding hydrogens is 414 g/mol. The van der Waals surface area contributed by atoms with Crippen LogP contribution in [0.1, 0.15) is 34.2 Å². The minimum absolute atomic E-state index is 0.0208. The molecule has 6 heteroatoms. The van der Waals surface area contributed by atoms with Gasteiger partial charge in [0.25, 0.3) is 5.91 Å². The van der Waals surface area contributed by atoms with Crippen LogP contribution in [0.5, 0.6) is 0 Å². The van der Waals surface area contributed by atoms with Crippen LogP contribution in [0.25, 0.3) is 17.4 Å². The van der Waals surface area contributed by atoms with Gasteiger partial charge in [-0.2, -0.15) is 0 Å². The summed E-state index contributed by atoms with van der Waals surface area (Å²) in [5.41, 5.74) is 4.56. The van der Waals surface area contributed by atoms with Gasteiger partial charge in [-0.05, 0) is 56.2 Å². The third-order valence-corrected chi connectivity index (χ3v) is 6.32. The molecule has 30 heavy (non-hydrogen) atoms. The number of carbonyl (C=O) groups is 2. The monoisotopic (exact) mass is 433 g/mol. The number of nitrogens with zero attached hydrogens (tertiary/aromatic N) is 1. The molecule has 1 aromatic heterocycles. The van der Waals surface area contributed by atoms with Gasteiger partial charge in [0.2, 0.25) is 0 Å². The van der Waals surface area contributed by atoms with Crippen LogP contribution in [0.3, 0.4) is 0 Å². The summed E-state index contributed by atoms with van der Waals surface area (Å²) in [6.07, 6.45) is 1.72. The largest absolute Gasteiger partial charge is 0.457 e. The van der Waals surface area contributed by atoms with Gasteiger partial charge in [0.15, 0.2) is 10.1 Å². The fourth-order valence-corrected chi connectivity index (χ4v) is 4.42. The van der Waals surface area contributed by atoms with Crippen LogP contribution in [-0.4, -0.2) is 16.0 Å². The molecule has 3 aromatic rings. The van der Waals surface area contributed by atoms with E-state index in [2.05, 4.69) is 0 Å². The van der Waals surface area contributed by atoms with Gasteiger partial charge in [-0.15, -0.1) is 0 Å². The second kappa shape index (κ2) is 8.05. The molecule has 0 spiro atoms. The molecule has 0 saturated carbocycles. The lowest BCUT2D eigenvalue weighted by atomic mass is 10.1. The summed E-state index contributed by atoms with van der Waals surface area (Å²) < 4.78 is 6.40. The predicted molar refractivity (Wildman–Crippen MR) is 126 cm³/mol. The minimum atomic E-state index is -0.156. The molecule has 0 atom stereocenters. The fourth-order valence-electron chi connectivity index (χ4n) is 3.14. The zero-order chi connectivity index (χ0) is 21.4. The molecule has 0 radical (unpaired) electrons. The number of thiocarbonyl (C=S) groups is 1. The van der Waals surface area contributed by atoms with E-state index >= 15 is 0 Å². The summed E-state index contributed by atoms with van der Waals surface area (Å²) >= 11 is 6.72. The number of rotatable bonds is 4. The Labute approximate surface area is 184 Å². The van der Waals surface area contributed by atoms with Crippen LogP contribution in [0.4, 0.5) is 5.69 Å². The highest BCUT2D eigenvalue weighted by Crippen LogP contribution is 2.37. The topological polar surface area (TPSA) is 50.5 Å². The molecule has 0 aliphatic carbocycles. The normalized spacial score (nSPS) is 15.3. The first-order chi connectivity index (χ1) is 14.3. The van der Waals surface area contributed by atoms with E-state index in [1.54, 1.807) is 23.1 Å². The van der Waals surface area contributed by atoms with Crippen molar-refractivity contribution in [2.75, 3.05) is 4.90 Å². The van der Waals surface area contributed by atoms with E-state index in [1.165, 1.54) is 24.2 Å². The zero-order valence-electron chi connectivity index (χ0n) is 16.8. The number of amides is 1. The molecule has 0 unspecified atom stereocenters. The van der Waals surface area contributed by atoms with Gasteiger partial charge < -0.3 is 4.42 Å². The van der Waals surface area contributed by atoms with Crippen LogP contribution in [-0.2, 0) is 4.79 Å². The quantitative estimate of drug-likeness (QED) is 0.280. The average Bonchev–Trinajstić information content (AvgIpc) is 3.29. The van der Waals surface area contributed by atoms with E-state index in [1.807, 2.05) is 56.3 Å². The molecule has 1 aliphatic heterocycles. The second-order valence-electron chi connectivity index (χ2n) is 7.12. The molecule has 2 aromatic carbocycles. The van der Waals surface area contributed by atoms with Gasteiger partial charge in [-0.3, -0.25) is 14.5 Å². The van der Waals surface area contributed by atoms with Crippen molar-refractivity contribution in [2.24, 2.45) is 0 Å². The van der Waals surface area contributed by atoms with Crippen molar-refractivity contribution in [3.63, 3.8) is 0 Å². The fraction of sp³-hybridized carbons (Fsp3) is 0.125. The van der Waals surface area contributed by atoms with Crippen LogP contribution in [0.15, 0.2) is 63.9 Å². The predicted octanol–water partition coefficient (Wildman–Crippen LogP) is 6.17. The first-order valence-corrected chi connectivity index (χ1v) is 10.6. The maximum atomic E-state index is 13.0. The Hall–Kier alpha value is -2.96. The molecule has 2 heterocycles. The highest BCUT2D eigenvalue weighted by atomic mass is 32.2. The van der Waals surface area contributed by atoms with E-state index in [4.69, 9.17) is 16.6 Å². The van der Waals surface area contributed by atoms with Crippen molar-refractivity contribution in [1.29, 1.82) is 0 Å². The van der Waals surface area contributed by atoms with E-state index in [-0.39, 0.29) is 11.7 Å². The van der Waals surface area contributed by atoms with Crippen LogP contribution in [0.2, 0.25) is 0 Å². The molecule has 0 N–H and O–H groups in total. The molecule has 150 valence electrons. The summed E-state index contributed by atoms with van der Waals surface area (Å²) in [5.74, 6) is 1.10. The number of anilines is 1. The van der Waals surface area contributed by atoms with Crippen molar-refractivity contribution in [1.82, 2.24) is 0 Å². The Kier molecular flexibility index (Phi) is 5.45. The van der Waals surface area contributed by atoms with E-state index in [0.717, 1.165) is 16.8 Å². The SMILES string of the molecule is CC(=O)c1ccc(-c2ccc(/C=C3/SC(=S)N(c4ccc(C)c(C)c4)C3=O)o2)cc1. The standard InChI is InChI=1S/C24H19NO3S2/c1-14-4-9-19(12-15(14)2)25-23(27)22(30-24(25)29)13-20-10-11-21(28-20)18-7-5-17(6-8-18)16(3)26/h4-13H,1-3H3/b22-13+. The number of furan rings is 1. The lowest BCUT2D eigenvalue weighted by Gasteiger charge is -2.15. The van der Waals surface area contributed by atoms with Crippen molar-refractivity contribution >= 4 is 51.8 Å². The van der Waals surface area contributed by atoms with Gasteiger partial charge in [0.1, 0.15) is 11.5 Å². The third kappa shape index (κ3) is 3.88. The van der Waals surface area contributed by atoms with Gasteiger partial charge in [0, 0.05) is 17.2 Å². The van der Waals surface area contributed by atoms with Crippen LogP contribution < -0.4 is 4.90 Å². The van der Waals surface area contributed by atoms with Crippen molar-refractivity contribution in [3.8, 4) is 11.3 Å². The maximum Gasteiger partial charge on any atom is 0.270 e. The lowest BCUT2D eigenvalue weighted by molar-refractivity contribution is -0.113. The average molecular weight is 434 g/mol. The highest BCUT2D eigenvalue weighted by Gasteiger charge is 2.33. The summed E-state index contributed by atoms with van der Waals surface area (Å²) in [6.45, 7) is 5.58. The van der Waals surface area contributed by atoms with Crippen LogP contribution >= 0.6 is 24.0 Å². The number of ketones is 1. The third-order valence-electron chi connectivity index (χ3n) is 5.02. The van der Waals surface area contributed by atoms with Gasteiger partial charge >= 0.3 is 0 Å². The number of carbonyl (C=O) groups excluding carboxylic acids is 2. The van der Waals surface area contributed by atoms with Crippen molar-refractivity contribution < 1.29 is 14.0 Å². The number of aryl methyl sites for hydroxylation is 2. The summed E-state index contributed by atoms with van der Waals surface area (Å²) in [4.78, 5) is 26.5.